The van der Waals surface area contributed by atoms with Crippen LogP contribution in [0, 0.1) is 13.8 Å². The molecule has 0 saturated heterocycles. The molecule has 0 spiro atoms. The second-order valence-corrected chi connectivity index (χ2v) is 6.47. The first-order valence-corrected chi connectivity index (χ1v) is 8.08. The van der Waals surface area contributed by atoms with Crippen LogP contribution in [0.4, 0.5) is 0 Å². The van der Waals surface area contributed by atoms with E-state index in [9.17, 15) is 10.2 Å². The molecule has 3 rings (SSSR count). The van der Waals surface area contributed by atoms with Gasteiger partial charge in [0.15, 0.2) is 5.75 Å². The number of benzene rings is 2. The van der Waals surface area contributed by atoms with E-state index in [1.54, 1.807) is 6.07 Å². The van der Waals surface area contributed by atoms with Crippen LogP contribution in [0.3, 0.4) is 0 Å². The van der Waals surface area contributed by atoms with Crippen LogP contribution in [0.15, 0.2) is 30.3 Å². The molecule has 5 heteroatoms. The molecule has 0 saturated carbocycles. The average Bonchev–Trinajstić information content (AvgIpc) is 2.55. The molecule has 0 amide bonds. The number of halogens is 2. The van der Waals surface area contributed by atoms with E-state index in [1.165, 1.54) is 6.07 Å². The molecule has 0 aliphatic rings. The monoisotopic (exact) mass is 359 g/mol. The van der Waals surface area contributed by atoms with Gasteiger partial charge in [0.2, 0.25) is 0 Å². The number of aromatic hydroxyl groups is 2. The topological polar surface area (TPSA) is 53.4 Å². The summed E-state index contributed by atoms with van der Waals surface area (Å²) in [4.78, 5) is 4.42. The van der Waals surface area contributed by atoms with Gasteiger partial charge in [-0.05, 0) is 66.9 Å². The molecule has 1 aromatic heterocycles. The van der Waals surface area contributed by atoms with Crippen molar-refractivity contribution in [3.8, 4) is 11.5 Å². The van der Waals surface area contributed by atoms with Crippen molar-refractivity contribution in [2.75, 3.05) is 0 Å². The second kappa shape index (κ2) is 6.34. The summed E-state index contributed by atoms with van der Waals surface area (Å²) in [5.74, 6) is 0.229. The molecule has 3 nitrogen and oxygen atoms in total. The van der Waals surface area contributed by atoms with Crippen LogP contribution in [-0.4, -0.2) is 15.2 Å². The molecule has 1 heterocycles. The van der Waals surface area contributed by atoms with Crippen molar-refractivity contribution in [1.29, 1.82) is 0 Å². The number of nitrogens with zero attached hydrogens (tertiary/aromatic N) is 1. The van der Waals surface area contributed by atoms with Gasteiger partial charge in [0.1, 0.15) is 11.3 Å². The lowest BCUT2D eigenvalue weighted by Crippen LogP contribution is -1.87. The van der Waals surface area contributed by atoms with Crippen molar-refractivity contribution in [2.24, 2.45) is 0 Å². The normalized spacial score (nSPS) is 11.5. The highest BCUT2D eigenvalue weighted by Gasteiger charge is 2.10. The van der Waals surface area contributed by atoms with E-state index in [4.69, 9.17) is 23.2 Å². The summed E-state index contributed by atoms with van der Waals surface area (Å²) in [5.41, 5.74) is 3.62. The highest BCUT2D eigenvalue weighted by molar-refractivity contribution is 6.39. The number of rotatable bonds is 2. The minimum Gasteiger partial charge on any atom is -0.507 e. The van der Waals surface area contributed by atoms with Crippen molar-refractivity contribution < 1.29 is 10.2 Å². The number of aryl methyl sites for hydroxylation is 2. The molecule has 2 aromatic carbocycles. The molecule has 0 unspecified atom stereocenters. The number of pyridine rings is 1. The summed E-state index contributed by atoms with van der Waals surface area (Å²) in [6.45, 7) is 3.71. The van der Waals surface area contributed by atoms with Crippen molar-refractivity contribution in [3.05, 3.63) is 62.8 Å². The number of phenols is 2. The third-order valence-corrected chi connectivity index (χ3v) is 4.44. The van der Waals surface area contributed by atoms with E-state index in [0.29, 0.717) is 27.4 Å². The smallest absolute Gasteiger partial charge is 0.160 e. The van der Waals surface area contributed by atoms with E-state index in [1.807, 2.05) is 44.2 Å². The number of hydrogen-bond donors (Lipinski definition) is 2. The average molecular weight is 360 g/mol. The Labute approximate surface area is 149 Å². The number of aromatic nitrogens is 1. The zero-order chi connectivity index (χ0) is 17.4. The van der Waals surface area contributed by atoms with E-state index in [0.717, 1.165) is 16.7 Å². The molecular formula is C19H15Cl2NO2. The Balaban J connectivity index is 2.03. The Hall–Kier alpha value is -2.23. The maximum absolute atomic E-state index is 10.1. The molecule has 0 atom stereocenters. The summed E-state index contributed by atoms with van der Waals surface area (Å²) in [5, 5.41) is 21.2. The van der Waals surface area contributed by atoms with Gasteiger partial charge in [-0.1, -0.05) is 29.3 Å². The zero-order valence-electron chi connectivity index (χ0n) is 13.1. The van der Waals surface area contributed by atoms with Crippen LogP contribution in [0.1, 0.15) is 22.4 Å². The Bertz CT molecular complexity index is 958. The van der Waals surface area contributed by atoms with Gasteiger partial charge in [-0.2, -0.15) is 0 Å². The number of hydrogen-bond acceptors (Lipinski definition) is 3. The third-order valence-electron chi connectivity index (χ3n) is 3.84. The SMILES string of the molecule is Cc1cc(C=Cc2ccc3c(Cl)cc(Cl)c(O)c3n2)cc(C)c1O. The summed E-state index contributed by atoms with van der Waals surface area (Å²) in [6.07, 6.45) is 3.73. The minimum absolute atomic E-state index is 0.0809. The van der Waals surface area contributed by atoms with Crippen molar-refractivity contribution in [3.63, 3.8) is 0 Å². The molecule has 2 N–H and O–H groups in total. The van der Waals surface area contributed by atoms with Crippen LogP contribution < -0.4 is 0 Å². The molecule has 24 heavy (non-hydrogen) atoms. The first-order valence-electron chi connectivity index (χ1n) is 7.33. The molecule has 122 valence electrons. The van der Waals surface area contributed by atoms with E-state index < -0.39 is 0 Å². The van der Waals surface area contributed by atoms with Gasteiger partial charge in [0, 0.05) is 5.39 Å². The third kappa shape index (κ3) is 3.05. The lowest BCUT2D eigenvalue weighted by molar-refractivity contribution is 0.467. The van der Waals surface area contributed by atoms with E-state index in [-0.39, 0.29) is 10.8 Å². The second-order valence-electron chi connectivity index (χ2n) is 5.66. The first-order chi connectivity index (χ1) is 11.4. The predicted molar refractivity (Wildman–Crippen MR) is 99.9 cm³/mol. The Kier molecular flexibility index (Phi) is 4.39. The maximum atomic E-state index is 10.1. The predicted octanol–water partition coefficient (Wildman–Crippen LogP) is 5.74. The van der Waals surface area contributed by atoms with Gasteiger partial charge in [-0.25, -0.2) is 4.98 Å². The Morgan fingerprint density at radius 3 is 2.21 bits per heavy atom. The molecular weight excluding hydrogens is 345 g/mol. The summed E-state index contributed by atoms with van der Waals surface area (Å²) < 4.78 is 0. The molecule has 0 aliphatic heterocycles. The van der Waals surface area contributed by atoms with E-state index >= 15 is 0 Å². The van der Waals surface area contributed by atoms with Gasteiger partial charge in [-0.3, -0.25) is 0 Å². The number of fused-ring (bicyclic) bond motifs is 1. The van der Waals surface area contributed by atoms with Gasteiger partial charge < -0.3 is 10.2 Å². The fraction of sp³-hybridized carbons (Fsp3) is 0.105. The van der Waals surface area contributed by atoms with Gasteiger partial charge in [0.25, 0.3) is 0 Å². The summed E-state index contributed by atoms with van der Waals surface area (Å²) in [7, 11) is 0. The van der Waals surface area contributed by atoms with Gasteiger partial charge in [-0.15, -0.1) is 0 Å². The Morgan fingerprint density at radius 2 is 1.54 bits per heavy atom. The molecule has 0 bridgehead atoms. The lowest BCUT2D eigenvalue weighted by atomic mass is 10.1. The standard InChI is InChI=1S/C19H15Cl2NO2/c1-10-7-12(8-11(2)18(10)23)3-4-13-5-6-14-15(20)9-16(21)19(24)17(14)22-13/h3-9,23-24H,1-2H3. The van der Waals surface area contributed by atoms with Crippen LogP contribution in [0.5, 0.6) is 11.5 Å². The largest absolute Gasteiger partial charge is 0.507 e. The molecule has 0 fully saturated rings. The summed E-state index contributed by atoms with van der Waals surface area (Å²) in [6, 6.07) is 8.90. The van der Waals surface area contributed by atoms with Crippen molar-refractivity contribution in [2.45, 2.75) is 13.8 Å². The lowest BCUT2D eigenvalue weighted by Gasteiger charge is -2.06. The van der Waals surface area contributed by atoms with Crippen molar-refractivity contribution >= 4 is 46.3 Å². The van der Waals surface area contributed by atoms with Crippen LogP contribution in [-0.2, 0) is 0 Å². The Morgan fingerprint density at radius 1 is 0.875 bits per heavy atom. The summed E-state index contributed by atoms with van der Waals surface area (Å²) >= 11 is 12.1. The molecule has 3 aromatic rings. The maximum Gasteiger partial charge on any atom is 0.160 e. The number of phenolic OH excluding ortho intramolecular Hbond substituents is 2. The van der Waals surface area contributed by atoms with Gasteiger partial charge >= 0.3 is 0 Å². The van der Waals surface area contributed by atoms with Crippen molar-refractivity contribution in [1.82, 2.24) is 4.98 Å². The fourth-order valence-corrected chi connectivity index (χ4v) is 3.09. The van der Waals surface area contributed by atoms with Crippen LogP contribution >= 0.6 is 23.2 Å². The highest BCUT2D eigenvalue weighted by Crippen LogP contribution is 2.36. The van der Waals surface area contributed by atoms with E-state index in [2.05, 4.69) is 4.98 Å². The van der Waals surface area contributed by atoms with Gasteiger partial charge in [0.05, 0.1) is 15.7 Å². The highest BCUT2D eigenvalue weighted by atomic mass is 35.5. The van der Waals surface area contributed by atoms with Crippen LogP contribution in [0.25, 0.3) is 23.1 Å². The quantitative estimate of drug-likeness (QED) is 0.613. The zero-order valence-corrected chi connectivity index (χ0v) is 14.7. The minimum atomic E-state index is -0.0809. The van der Waals surface area contributed by atoms with Crippen LogP contribution in [0.2, 0.25) is 10.0 Å². The first kappa shape index (κ1) is 16.6. The fourth-order valence-electron chi connectivity index (χ4n) is 2.58. The molecule has 0 radical (unpaired) electrons. The molecule has 0 aliphatic carbocycles.